The van der Waals surface area contributed by atoms with E-state index in [4.69, 9.17) is 10.8 Å². The van der Waals surface area contributed by atoms with Crippen molar-refractivity contribution < 1.29 is 5.11 Å². The van der Waals surface area contributed by atoms with Crippen LogP contribution < -0.4 is 5.73 Å². The predicted molar refractivity (Wildman–Crippen MR) is 70.9 cm³/mol. The molecule has 0 amide bonds. The second-order valence-corrected chi connectivity index (χ2v) is 5.33. The molecule has 2 unspecified atom stereocenters. The Morgan fingerprint density at radius 3 is 3.11 bits per heavy atom. The highest BCUT2D eigenvalue weighted by molar-refractivity contribution is 5.04. The summed E-state index contributed by atoms with van der Waals surface area (Å²) in [4.78, 5) is 2.46. The van der Waals surface area contributed by atoms with Crippen molar-refractivity contribution in [1.29, 1.82) is 0 Å². The monoisotopic (exact) mass is 252 g/mol. The van der Waals surface area contributed by atoms with Gasteiger partial charge in [0.2, 0.25) is 0 Å². The SMILES string of the molecule is CC1CCN(Cc2cnn(CCO)c2)CC1CN. The molecule has 2 heterocycles. The first-order chi connectivity index (χ1) is 8.72. The first-order valence-electron chi connectivity index (χ1n) is 6.77. The van der Waals surface area contributed by atoms with Crippen molar-refractivity contribution in [2.24, 2.45) is 17.6 Å². The fourth-order valence-corrected chi connectivity index (χ4v) is 2.65. The lowest BCUT2D eigenvalue weighted by Crippen LogP contribution is -2.42. The predicted octanol–water partition coefficient (Wildman–Crippen LogP) is 0.292. The summed E-state index contributed by atoms with van der Waals surface area (Å²) in [7, 11) is 0. The fraction of sp³-hybridized carbons (Fsp3) is 0.769. The summed E-state index contributed by atoms with van der Waals surface area (Å²) < 4.78 is 1.79. The molecule has 5 nitrogen and oxygen atoms in total. The number of aliphatic hydroxyl groups excluding tert-OH is 1. The lowest BCUT2D eigenvalue weighted by molar-refractivity contribution is 0.126. The molecule has 102 valence electrons. The van der Waals surface area contributed by atoms with Crippen LogP contribution in [0, 0.1) is 11.8 Å². The quantitative estimate of drug-likeness (QED) is 0.790. The van der Waals surface area contributed by atoms with Crippen LogP contribution in [0.2, 0.25) is 0 Å². The average Bonchev–Trinajstić information content (AvgIpc) is 2.80. The Morgan fingerprint density at radius 1 is 1.56 bits per heavy atom. The molecular weight excluding hydrogens is 228 g/mol. The highest BCUT2D eigenvalue weighted by Crippen LogP contribution is 2.23. The van der Waals surface area contributed by atoms with Gasteiger partial charge in [0.25, 0.3) is 0 Å². The maximum absolute atomic E-state index is 8.86. The average molecular weight is 252 g/mol. The van der Waals surface area contributed by atoms with Crippen LogP contribution in [-0.2, 0) is 13.1 Å². The molecule has 0 radical (unpaired) electrons. The largest absolute Gasteiger partial charge is 0.394 e. The van der Waals surface area contributed by atoms with Gasteiger partial charge in [0.1, 0.15) is 0 Å². The number of piperidine rings is 1. The standard InChI is InChI=1S/C13H24N4O/c1-11-2-3-16(10-13(11)6-14)8-12-7-15-17(9-12)4-5-18/h7,9,11,13,18H,2-6,8,10,14H2,1H3. The molecule has 0 bridgehead atoms. The van der Waals surface area contributed by atoms with Crippen LogP contribution in [0.25, 0.3) is 0 Å². The third-order valence-corrected chi connectivity index (χ3v) is 3.92. The van der Waals surface area contributed by atoms with Crippen molar-refractivity contribution in [1.82, 2.24) is 14.7 Å². The number of likely N-dealkylation sites (tertiary alicyclic amines) is 1. The molecule has 1 saturated heterocycles. The zero-order chi connectivity index (χ0) is 13.0. The van der Waals surface area contributed by atoms with Crippen LogP contribution in [-0.4, -0.2) is 46.0 Å². The number of nitrogens with zero attached hydrogens (tertiary/aromatic N) is 3. The van der Waals surface area contributed by atoms with Gasteiger partial charge < -0.3 is 10.8 Å². The van der Waals surface area contributed by atoms with E-state index in [-0.39, 0.29) is 6.61 Å². The Labute approximate surface area is 109 Å². The summed E-state index contributed by atoms with van der Waals surface area (Å²) >= 11 is 0. The molecule has 0 aromatic carbocycles. The molecule has 5 heteroatoms. The maximum atomic E-state index is 8.86. The fourth-order valence-electron chi connectivity index (χ4n) is 2.65. The first-order valence-corrected chi connectivity index (χ1v) is 6.77. The van der Waals surface area contributed by atoms with Crippen molar-refractivity contribution in [2.75, 3.05) is 26.2 Å². The number of aliphatic hydroxyl groups is 1. The maximum Gasteiger partial charge on any atom is 0.0640 e. The van der Waals surface area contributed by atoms with E-state index in [0.717, 1.165) is 32.1 Å². The molecule has 1 aliphatic rings. The summed E-state index contributed by atoms with van der Waals surface area (Å²) in [6.07, 6.45) is 5.14. The Bertz CT molecular complexity index is 366. The number of rotatable bonds is 5. The minimum Gasteiger partial charge on any atom is -0.394 e. The van der Waals surface area contributed by atoms with Gasteiger partial charge in [-0.15, -0.1) is 0 Å². The highest BCUT2D eigenvalue weighted by atomic mass is 16.3. The van der Waals surface area contributed by atoms with Crippen molar-refractivity contribution >= 4 is 0 Å². The van der Waals surface area contributed by atoms with Crippen molar-refractivity contribution in [3.8, 4) is 0 Å². The summed E-state index contributed by atoms with van der Waals surface area (Å²) in [5.74, 6) is 1.36. The number of nitrogens with two attached hydrogens (primary N) is 1. The number of hydrogen-bond acceptors (Lipinski definition) is 4. The molecular formula is C13H24N4O. The lowest BCUT2D eigenvalue weighted by atomic mass is 9.87. The zero-order valence-electron chi connectivity index (χ0n) is 11.1. The smallest absolute Gasteiger partial charge is 0.0640 e. The molecule has 0 spiro atoms. The van der Waals surface area contributed by atoms with Gasteiger partial charge in [-0.3, -0.25) is 9.58 Å². The minimum atomic E-state index is 0.137. The van der Waals surface area contributed by atoms with Crippen molar-refractivity contribution in [3.05, 3.63) is 18.0 Å². The van der Waals surface area contributed by atoms with E-state index in [1.807, 2.05) is 12.4 Å². The normalized spacial score (nSPS) is 25.5. The molecule has 18 heavy (non-hydrogen) atoms. The van der Waals surface area contributed by atoms with Crippen LogP contribution in [0.1, 0.15) is 18.9 Å². The Hall–Kier alpha value is -0.910. The van der Waals surface area contributed by atoms with E-state index in [0.29, 0.717) is 12.5 Å². The lowest BCUT2D eigenvalue weighted by Gasteiger charge is -2.36. The summed E-state index contributed by atoms with van der Waals surface area (Å²) in [5.41, 5.74) is 7.04. The molecule has 0 aliphatic carbocycles. The molecule has 1 aliphatic heterocycles. The second kappa shape index (κ2) is 6.31. The molecule has 1 fully saturated rings. The van der Waals surface area contributed by atoms with Gasteiger partial charge in [0.15, 0.2) is 0 Å². The van der Waals surface area contributed by atoms with Crippen LogP contribution in [0.4, 0.5) is 0 Å². The molecule has 2 rings (SSSR count). The first kappa shape index (κ1) is 13.5. The Kier molecular flexibility index (Phi) is 4.74. The van der Waals surface area contributed by atoms with Gasteiger partial charge in [0, 0.05) is 24.8 Å². The van der Waals surface area contributed by atoms with Crippen molar-refractivity contribution in [3.63, 3.8) is 0 Å². The Morgan fingerprint density at radius 2 is 2.39 bits per heavy atom. The summed E-state index contributed by atoms with van der Waals surface area (Å²) in [5, 5.41) is 13.1. The van der Waals surface area contributed by atoms with Crippen LogP contribution in [0.5, 0.6) is 0 Å². The van der Waals surface area contributed by atoms with Crippen LogP contribution in [0.15, 0.2) is 12.4 Å². The van der Waals surface area contributed by atoms with Gasteiger partial charge in [-0.1, -0.05) is 6.92 Å². The number of hydrogen-bond donors (Lipinski definition) is 2. The van der Waals surface area contributed by atoms with Gasteiger partial charge in [0.05, 0.1) is 19.3 Å². The van der Waals surface area contributed by atoms with E-state index >= 15 is 0 Å². The summed E-state index contributed by atoms with van der Waals surface area (Å²) in [6, 6.07) is 0. The molecule has 0 saturated carbocycles. The van der Waals surface area contributed by atoms with Gasteiger partial charge >= 0.3 is 0 Å². The second-order valence-electron chi connectivity index (χ2n) is 5.33. The van der Waals surface area contributed by atoms with Gasteiger partial charge in [-0.05, 0) is 31.3 Å². The Balaban J connectivity index is 1.88. The topological polar surface area (TPSA) is 67.3 Å². The van der Waals surface area contributed by atoms with E-state index in [9.17, 15) is 0 Å². The van der Waals surface area contributed by atoms with E-state index in [2.05, 4.69) is 16.9 Å². The van der Waals surface area contributed by atoms with Crippen molar-refractivity contribution in [2.45, 2.75) is 26.4 Å². The van der Waals surface area contributed by atoms with E-state index in [1.165, 1.54) is 12.0 Å². The van der Waals surface area contributed by atoms with Crippen LogP contribution >= 0.6 is 0 Å². The molecule has 3 N–H and O–H groups in total. The van der Waals surface area contributed by atoms with Crippen LogP contribution in [0.3, 0.4) is 0 Å². The molecule has 1 aromatic rings. The third-order valence-electron chi connectivity index (χ3n) is 3.92. The van der Waals surface area contributed by atoms with Gasteiger partial charge in [-0.25, -0.2) is 0 Å². The third kappa shape index (κ3) is 3.31. The zero-order valence-corrected chi connectivity index (χ0v) is 11.1. The van der Waals surface area contributed by atoms with Gasteiger partial charge in [-0.2, -0.15) is 5.10 Å². The van der Waals surface area contributed by atoms with E-state index < -0.39 is 0 Å². The van der Waals surface area contributed by atoms with E-state index in [1.54, 1.807) is 4.68 Å². The molecule has 1 aromatic heterocycles. The molecule has 2 atom stereocenters. The number of aromatic nitrogens is 2. The highest BCUT2D eigenvalue weighted by Gasteiger charge is 2.25. The minimum absolute atomic E-state index is 0.137. The summed E-state index contributed by atoms with van der Waals surface area (Å²) in [6.45, 7) is 6.95.